The third-order valence-corrected chi connectivity index (χ3v) is 5.93. The molecule has 0 amide bonds. The van der Waals surface area contributed by atoms with Gasteiger partial charge in [0.1, 0.15) is 17.5 Å². The molecule has 1 aromatic rings. The van der Waals surface area contributed by atoms with Gasteiger partial charge in [-0.2, -0.15) is 5.26 Å². The van der Waals surface area contributed by atoms with Crippen LogP contribution in [0.2, 0.25) is 0 Å². The van der Waals surface area contributed by atoms with Gasteiger partial charge in [0.2, 0.25) is 0 Å². The fourth-order valence-electron chi connectivity index (χ4n) is 4.39. The SMILES string of the molecule is Cc1cc(N2C[C@@H]3C(CC(=O)O)[C@@H]3C2)c(C#N)c(N2CC[C@@H]2C)n1. The molecule has 6 nitrogen and oxygen atoms in total. The molecule has 3 heterocycles. The number of rotatable bonds is 4. The Morgan fingerprint density at radius 1 is 1.46 bits per heavy atom. The van der Waals surface area contributed by atoms with Crippen LogP contribution in [0.15, 0.2) is 6.07 Å². The summed E-state index contributed by atoms with van der Waals surface area (Å²) >= 11 is 0. The normalized spacial score (nSPS) is 30.5. The first-order valence-electron chi connectivity index (χ1n) is 8.64. The van der Waals surface area contributed by atoms with Crippen molar-refractivity contribution < 1.29 is 9.90 Å². The minimum atomic E-state index is -0.701. The lowest BCUT2D eigenvalue weighted by molar-refractivity contribution is -0.137. The summed E-state index contributed by atoms with van der Waals surface area (Å²) in [7, 11) is 0. The van der Waals surface area contributed by atoms with Crippen LogP contribution in [0, 0.1) is 36.0 Å². The highest BCUT2D eigenvalue weighted by molar-refractivity contribution is 5.72. The van der Waals surface area contributed by atoms with Gasteiger partial charge in [-0.15, -0.1) is 0 Å². The van der Waals surface area contributed by atoms with E-state index in [0.29, 0.717) is 29.4 Å². The molecule has 2 saturated heterocycles. The Kier molecular flexibility index (Phi) is 3.41. The molecule has 4 rings (SSSR count). The van der Waals surface area contributed by atoms with Gasteiger partial charge in [0.25, 0.3) is 0 Å². The largest absolute Gasteiger partial charge is 0.481 e. The van der Waals surface area contributed by atoms with Crippen molar-refractivity contribution in [2.24, 2.45) is 17.8 Å². The van der Waals surface area contributed by atoms with Crippen LogP contribution in [0.4, 0.5) is 11.5 Å². The van der Waals surface area contributed by atoms with Crippen LogP contribution < -0.4 is 9.80 Å². The molecule has 3 aliphatic rings. The zero-order chi connectivity index (χ0) is 17.0. The Morgan fingerprint density at radius 2 is 2.17 bits per heavy atom. The summed E-state index contributed by atoms with van der Waals surface area (Å²) in [5.41, 5.74) is 2.57. The van der Waals surface area contributed by atoms with Gasteiger partial charge in [-0.25, -0.2) is 4.98 Å². The smallest absolute Gasteiger partial charge is 0.303 e. The Labute approximate surface area is 141 Å². The van der Waals surface area contributed by atoms with E-state index >= 15 is 0 Å². The minimum absolute atomic E-state index is 0.278. The van der Waals surface area contributed by atoms with Gasteiger partial charge >= 0.3 is 5.97 Å². The molecule has 0 spiro atoms. The number of aryl methyl sites for hydroxylation is 1. The topological polar surface area (TPSA) is 80.5 Å². The Hall–Kier alpha value is -2.29. The van der Waals surface area contributed by atoms with E-state index in [0.717, 1.165) is 43.3 Å². The molecule has 1 aromatic heterocycles. The molecule has 126 valence electrons. The second-order valence-electron chi connectivity index (χ2n) is 7.42. The Morgan fingerprint density at radius 3 is 2.67 bits per heavy atom. The molecule has 1 aliphatic carbocycles. The standard InChI is InChI=1S/C18H22N4O2/c1-10-5-16(13(7-19)18(20-10)22-4-3-11(22)2)21-8-14-12(6-17(23)24)15(14)9-21/h5,11-12,14-15H,3-4,6,8-9H2,1-2H3,(H,23,24)/t11-,12?,14-,15+/m0/s1. The van der Waals surface area contributed by atoms with Gasteiger partial charge in [-0.1, -0.05) is 0 Å². The minimum Gasteiger partial charge on any atom is -0.481 e. The Balaban J connectivity index is 1.59. The van der Waals surface area contributed by atoms with E-state index in [1.807, 2.05) is 13.0 Å². The van der Waals surface area contributed by atoms with Crippen LogP contribution in [0.25, 0.3) is 0 Å². The summed E-state index contributed by atoms with van der Waals surface area (Å²) < 4.78 is 0. The number of nitriles is 1. The molecule has 24 heavy (non-hydrogen) atoms. The van der Waals surface area contributed by atoms with Gasteiger partial charge in [0, 0.05) is 37.8 Å². The third kappa shape index (κ3) is 2.31. The van der Waals surface area contributed by atoms with Gasteiger partial charge in [0.15, 0.2) is 0 Å². The second kappa shape index (κ2) is 5.37. The molecule has 0 bridgehead atoms. The maximum absolute atomic E-state index is 10.9. The molecular formula is C18H22N4O2. The number of carboxylic acids is 1. The van der Waals surface area contributed by atoms with Crippen molar-refractivity contribution in [2.45, 2.75) is 32.7 Å². The number of fused-ring (bicyclic) bond motifs is 1. The van der Waals surface area contributed by atoms with Crippen molar-refractivity contribution in [3.05, 3.63) is 17.3 Å². The van der Waals surface area contributed by atoms with Crippen molar-refractivity contribution >= 4 is 17.5 Å². The fraction of sp³-hybridized carbons (Fsp3) is 0.611. The van der Waals surface area contributed by atoms with Crippen LogP contribution in [0.5, 0.6) is 0 Å². The van der Waals surface area contributed by atoms with E-state index in [2.05, 4.69) is 27.8 Å². The van der Waals surface area contributed by atoms with Crippen molar-refractivity contribution in [3.63, 3.8) is 0 Å². The highest BCUT2D eigenvalue weighted by Gasteiger charge is 2.56. The highest BCUT2D eigenvalue weighted by Crippen LogP contribution is 2.54. The lowest BCUT2D eigenvalue weighted by Crippen LogP contribution is -2.46. The summed E-state index contributed by atoms with van der Waals surface area (Å²) in [5, 5.41) is 18.7. The molecular weight excluding hydrogens is 304 g/mol. The molecule has 6 heteroatoms. The first kappa shape index (κ1) is 15.3. The number of hydrogen-bond donors (Lipinski definition) is 1. The average molecular weight is 326 g/mol. The lowest BCUT2D eigenvalue weighted by Gasteiger charge is -2.41. The van der Waals surface area contributed by atoms with Crippen LogP contribution in [-0.4, -0.2) is 41.7 Å². The number of nitrogens with zero attached hydrogens (tertiary/aromatic N) is 4. The predicted octanol–water partition coefficient (Wildman–Crippen LogP) is 2.02. The van der Waals surface area contributed by atoms with E-state index in [9.17, 15) is 10.1 Å². The van der Waals surface area contributed by atoms with E-state index in [4.69, 9.17) is 5.11 Å². The summed E-state index contributed by atoms with van der Waals surface area (Å²) in [6.07, 6.45) is 1.42. The van der Waals surface area contributed by atoms with Crippen LogP contribution in [0.3, 0.4) is 0 Å². The lowest BCUT2D eigenvalue weighted by atomic mass is 10.0. The number of carboxylic acid groups (broad SMARTS) is 1. The first-order chi connectivity index (χ1) is 11.5. The van der Waals surface area contributed by atoms with E-state index in [1.165, 1.54) is 0 Å². The number of anilines is 2. The number of piperidine rings is 1. The van der Waals surface area contributed by atoms with Crippen molar-refractivity contribution in [1.29, 1.82) is 5.26 Å². The molecule has 4 atom stereocenters. The number of aliphatic carboxylic acids is 1. The van der Waals surface area contributed by atoms with Crippen molar-refractivity contribution in [3.8, 4) is 6.07 Å². The Bertz CT molecular complexity index is 729. The summed E-state index contributed by atoms with van der Waals surface area (Å²) in [6.45, 7) is 6.81. The third-order valence-electron chi connectivity index (χ3n) is 5.93. The summed E-state index contributed by atoms with van der Waals surface area (Å²) in [5.74, 6) is 1.36. The maximum atomic E-state index is 10.9. The number of pyridine rings is 1. The van der Waals surface area contributed by atoms with Gasteiger partial charge in [0.05, 0.1) is 5.69 Å². The molecule has 1 N–H and O–H groups in total. The van der Waals surface area contributed by atoms with Crippen molar-refractivity contribution in [2.75, 3.05) is 29.4 Å². The number of carbonyl (C=O) groups is 1. The fourth-order valence-corrected chi connectivity index (χ4v) is 4.39. The predicted molar refractivity (Wildman–Crippen MR) is 90.0 cm³/mol. The zero-order valence-corrected chi connectivity index (χ0v) is 14.1. The van der Waals surface area contributed by atoms with Gasteiger partial charge < -0.3 is 14.9 Å². The first-order valence-corrected chi connectivity index (χ1v) is 8.64. The molecule has 0 radical (unpaired) electrons. The van der Waals surface area contributed by atoms with Crippen LogP contribution in [-0.2, 0) is 4.79 Å². The molecule has 3 fully saturated rings. The second-order valence-corrected chi connectivity index (χ2v) is 7.42. The zero-order valence-electron chi connectivity index (χ0n) is 14.1. The van der Waals surface area contributed by atoms with Gasteiger partial charge in [-0.3, -0.25) is 4.79 Å². The maximum Gasteiger partial charge on any atom is 0.303 e. The quantitative estimate of drug-likeness (QED) is 0.912. The molecule has 2 aliphatic heterocycles. The summed E-state index contributed by atoms with van der Waals surface area (Å²) in [6, 6.07) is 4.81. The van der Waals surface area contributed by atoms with E-state index in [1.54, 1.807) is 0 Å². The van der Waals surface area contributed by atoms with E-state index in [-0.39, 0.29) is 6.42 Å². The van der Waals surface area contributed by atoms with Crippen LogP contribution in [0.1, 0.15) is 31.0 Å². The van der Waals surface area contributed by atoms with Crippen LogP contribution >= 0.6 is 0 Å². The number of aromatic nitrogens is 1. The monoisotopic (exact) mass is 326 g/mol. The summed E-state index contributed by atoms with van der Waals surface area (Å²) in [4.78, 5) is 20.0. The van der Waals surface area contributed by atoms with E-state index < -0.39 is 5.97 Å². The average Bonchev–Trinajstić information content (AvgIpc) is 2.95. The highest BCUT2D eigenvalue weighted by atomic mass is 16.4. The molecule has 1 unspecified atom stereocenters. The van der Waals surface area contributed by atoms with Crippen molar-refractivity contribution in [1.82, 2.24) is 4.98 Å². The molecule has 1 saturated carbocycles. The molecule has 0 aromatic carbocycles. The van der Waals surface area contributed by atoms with Gasteiger partial charge in [-0.05, 0) is 44.1 Å². The number of hydrogen-bond acceptors (Lipinski definition) is 5.